The maximum Gasteiger partial charge on any atom is 0.140 e. The minimum atomic E-state index is 0.375. The number of anilines is 2. The average molecular weight is 298 g/mol. The van der Waals surface area contributed by atoms with Crippen molar-refractivity contribution in [2.75, 3.05) is 5.32 Å². The van der Waals surface area contributed by atoms with Gasteiger partial charge in [0.15, 0.2) is 0 Å². The molecule has 2 aromatic heterocycles. The molecule has 0 fully saturated rings. The number of aromatic nitrogens is 2. The molecular weight excluding hydrogens is 280 g/mol. The van der Waals surface area contributed by atoms with Crippen LogP contribution < -0.4 is 11.1 Å². The number of aryl methyl sites for hydroxylation is 3. The Bertz CT molecular complexity index is 697. The second kappa shape index (κ2) is 5.77. The van der Waals surface area contributed by atoms with Crippen molar-refractivity contribution in [1.29, 1.82) is 0 Å². The monoisotopic (exact) mass is 298 g/mol. The van der Waals surface area contributed by atoms with E-state index in [4.69, 9.17) is 22.9 Å². The van der Waals surface area contributed by atoms with Gasteiger partial charge in [0.2, 0.25) is 0 Å². The molecule has 0 unspecified atom stereocenters. The van der Waals surface area contributed by atoms with Crippen molar-refractivity contribution in [3.8, 4) is 0 Å². The summed E-state index contributed by atoms with van der Waals surface area (Å²) in [5.74, 6) is 0.735. The molecule has 0 atom stereocenters. The summed E-state index contributed by atoms with van der Waals surface area (Å²) in [4.78, 5) is 9.29. The summed E-state index contributed by atoms with van der Waals surface area (Å²) >= 11 is 5.19. The summed E-state index contributed by atoms with van der Waals surface area (Å²) in [5.41, 5.74) is 11.2. The molecule has 4 nitrogen and oxygen atoms in total. The van der Waals surface area contributed by atoms with Crippen LogP contribution in [0.3, 0.4) is 0 Å². The van der Waals surface area contributed by atoms with E-state index in [2.05, 4.69) is 16.4 Å². The van der Waals surface area contributed by atoms with Crippen LogP contribution >= 0.6 is 12.2 Å². The minimum absolute atomic E-state index is 0.375. The molecule has 0 amide bonds. The first-order valence-corrected chi connectivity index (χ1v) is 7.56. The van der Waals surface area contributed by atoms with Crippen LogP contribution in [0.25, 0.3) is 0 Å². The van der Waals surface area contributed by atoms with Crippen LogP contribution in [0.1, 0.15) is 35.2 Å². The van der Waals surface area contributed by atoms with E-state index in [1.165, 1.54) is 18.4 Å². The lowest BCUT2D eigenvalue weighted by molar-refractivity contribution is 0.668. The molecule has 3 N–H and O–H groups in total. The van der Waals surface area contributed by atoms with Crippen LogP contribution in [0.4, 0.5) is 11.5 Å². The largest absolute Gasteiger partial charge is 0.389 e. The number of pyridine rings is 2. The third-order valence-electron chi connectivity index (χ3n) is 3.86. The Hall–Kier alpha value is -2.01. The third kappa shape index (κ3) is 2.88. The SMILES string of the molecule is Cc1ccncc1Nc1nc2c(cc1C(N)=S)CCCC2. The zero-order valence-corrected chi connectivity index (χ0v) is 12.8. The fraction of sp³-hybridized carbons (Fsp3) is 0.312. The molecule has 108 valence electrons. The number of hydrogen-bond acceptors (Lipinski definition) is 4. The van der Waals surface area contributed by atoms with Gasteiger partial charge in [0, 0.05) is 11.9 Å². The highest BCUT2D eigenvalue weighted by Crippen LogP contribution is 2.27. The third-order valence-corrected chi connectivity index (χ3v) is 4.08. The van der Waals surface area contributed by atoms with Gasteiger partial charge in [0.05, 0.1) is 17.4 Å². The summed E-state index contributed by atoms with van der Waals surface area (Å²) in [6.45, 7) is 2.03. The molecule has 5 heteroatoms. The molecule has 0 bridgehead atoms. The number of hydrogen-bond donors (Lipinski definition) is 2. The van der Waals surface area contributed by atoms with Gasteiger partial charge >= 0.3 is 0 Å². The van der Waals surface area contributed by atoms with Gasteiger partial charge in [-0.2, -0.15) is 0 Å². The summed E-state index contributed by atoms with van der Waals surface area (Å²) in [6.07, 6.45) is 8.05. The van der Waals surface area contributed by atoms with Crippen LogP contribution in [0.5, 0.6) is 0 Å². The highest BCUT2D eigenvalue weighted by atomic mass is 32.1. The lowest BCUT2D eigenvalue weighted by Gasteiger charge is -2.19. The molecule has 3 rings (SSSR count). The van der Waals surface area contributed by atoms with Gasteiger partial charge in [0.25, 0.3) is 0 Å². The number of nitrogens with zero attached hydrogens (tertiary/aromatic N) is 2. The predicted octanol–water partition coefficient (Wildman–Crippen LogP) is 3.04. The summed E-state index contributed by atoms with van der Waals surface area (Å²) in [6, 6.07) is 4.05. The van der Waals surface area contributed by atoms with E-state index in [0.29, 0.717) is 4.99 Å². The Morgan fingerprint density at radius 1 is 1.33 bits per heavy atom. The Morgan fingerprint density at radius 2 is 2.14 bits per heavy atom. The smallest absolute Gasteiger partial charge is 0.140 e. The molecule has 0 aromatic carbocycles. The second-order valence-corrected chi connectivity index (χ2v) is 5.82. The van der Waals surface area contributed by atoms with Gasteiger partial charge in [-0.1, -0.05) is 12.2 Å². The van der Waals surface area contributed by atoms with E-state index in [1.807, 2.05) is 13.0 Å². The van der Waals surface area contributed by atoms with Gasteiger partial charge in [-0.15, -0.1) is 0 Å². The van der Waals surface area contributed by atoms with Crippen molar-refractivity contribution in [3.05, 3.63) is 46.9 Å². The van der Waals surface area contributed by atoms with Crippen molar-refractivity contribution in [3.63, 3.8) is 0 Å². The van der Waals surface area contributed by atoms with Crippen molar-refractivity contribution >= 4 is 28.7 Å². The zero-order chi connectivity index (χ0) is 14.8. The Kier molecular flexibility index (Phi) is 3.84. The average Bonchev–Trinajstić information content (AvgIpc) is 2.48. The van der Waals surface area contributed by atoms with E-state index in [0.717, 1.165) is 41.2 Å². The number of fused-ring (bicyclic) bond motifs is 1. The fourth-order valence-corrected chi connectivity index (χ4v) is 2.79. The first-order valence-electron chi connectivity index (χ1n) is 7.15. The molecular formula is C16H18N4S. The van der Waals surface area contributed by atoms with Gasteiger partial charge in [0.1, 0.15) is 10.8 Å². The lowest BCUT2D eigenvalue weighted by Crippen LogP contribution is -2.17. The van der Waals surface area contributed by atoms with E-state index in [9.17, 15) is 0 Å². The molecule has 0 radical (unpaired) electrons. The molecule has 2 aromatic rings. The Balaban J connectivity index is 2.04. The standard InChI is InChI=1S/C16H18N4S/c1-10-6-7-18-9-14(10)20-16-12(15(17)21)8-11-4-2-3-5-13(11)19-16/h6-9H,2-5H2,1H3,(H2,17,21)(H,19,20). The quantitative estimate of drug-likeness (QED) is 0.853. The molecule has 0 saturated heterocycles. The number of nitrogens with one attached hydrogen (secondary N) is 1. The first kappa shape index (κ1) is 13.9. The first-order chi connectivity index (χ1) is 10.1. The highest BCUT2D eigenvalue weighted by Gasteiger charge is 2.17. The summed E-state index contributed by atoms with van der Waals surface area (Å²) < 4.78 is 0. The van der Waals surface area contributed by atoms with Crippen LogP contribution in [-0.2, 0) is 12.8 Å². The molecule has 0 spiro atoms. The second-order valence-electron chi connectivity index (χ2n) is 5.38. The normalized spacial score (nSPS) is 13.6. The Labute approximate surface area is 129 Å². The molecule has 1 aliphatic carbocycles. The van der Waals surface area contributed by atoms with Crippen LogP contribution in [0.15, 0.2) is 24.5 Å². The van der Waals surface area contributed by atoms with E-state index < -0.39 is 0 Å². The zero-order valence-electron chi connectivity index (χ0n) is 12.0. The summed E-state index contributed by atoms with van der Waals surface area (Å²) in [7, 11) is 0. The topological polar surface area (TPSA) is 63.8 Å². The van der Waals surface area contributed by atoms with Crippen LogP contribution in [0, 0.1) is 6.92 Å². The van der Waals surface area contributed by atoms with Crippen molar-refractivity contribution in [2.24, 2.45) is 5.73 Å². The van der Waals surface area contributed by atoms with Crippen LogP contribution in [0.2, 0.25) is 0 Å². The fourth-order valence-electron chi connectivity index (χ4n) is 2.64. The van der Waals surface area contributed by atoms with Gasteiger partial charge < -0.3 is 11.1 Å². The van der Waals surface area contributed by atoms with Gasteiger partial charge in [-0.05, 0) is 55.9 Å². The number of rotatable bonds is 3. The van der Waals surface area contributed by atoms with Crippen LogP contribution in [-0.4, -0.2) is 15.0 Å². The minimum Gasteiger partial charge on any atom is -0.389 e. The van der Waals surface area contributed by atoms with Gasteiger partial charge in [-0.25, -0.2) is 4.98 Å². The molecule has 2 heterocycles. The highest BCUT2D eigenvalue weighted by molar-refractivity contribution is 7.80. The Morgan fingerprint density at radius 3 is 2.90 bits per heavy atom. The number of nitrogens with two attached hydrogens (primary N) is 1. The van der Waals surface area contributed by atoms with Crippen molar-refractivity contribution < 1.29 is 0 Å². The van der Waals surface area contributed by atoms with E-state index >= 15 is 0 Å². The predicted molar refractivity (Wildman–Crippen MR) is 89.0 cm³/mol. The maximum atomic E-state index is 5.88. The number of thiocarbonyl (C=S) groups is 1. The maximum absolute atomic E-state index is 5.88. The molecule has 0 aliphatic heterocycles. The van der Waals surface area contributed by atoms with E-state index in [1.54, 1.807) is 12.4 Å². The molecule has 21 heavy (non-hydrogen) atoms. The van der Waals surface area contributed by atoms with Crippen molar-refractivity contribution in [1.82, 2.24) is 9.97 Å². The van der Waals surface area contributed by atoms with Crippen molar-refractivity contribution in [2.45, 2.75) is 32.6 Å². The van der Waals surface area contributed by atoms with Gasteiger partial charge in [-0.3, -0.25) is 4.98 Å². The lowest BCUT2D eigenvalue weighted by atomic mass is 9.94. The molecule has 0 saturated carbocycles. The molecule has 1 aliphatic rings. The summed E-state index contributed by atoms with van der Waals surface area (Å²) in [5, 5.41) is 3.33. The van der Waals surface area contributed by atoms with E-state index in [-0.39, 0.29) is 0 Å².